The Bertz CT molecular complexity index is 441. The third-order valence-corrected chi connectivity index (χ3v) is 1.92. The number of nitrogens with zero attached hydrogens (tertiary/aromatic N) is 1. The Morgan fingerprint density at radius 3 is 2.61 bits per heavy atom. The van der Waals surface area contributed by atoms with Crippen LogP contribution in [0.1, 0.15) is 19.4 Å². The zero-order valence-electron chi connectivity index (χ0n) is 10.7. The molecule has 0 radical (unpaired) electrons. The molecule has 1 rings (SSSR count). The van der Waals surface area contributed by atoms with Gasteiger partial charge in [0.25, 0.3) is 0 Å². The predicted molar refractivity (Wildman–Crippen MR) is 74.6 cm³/mol. The molecule has 0 saturated heterocycles. The second kappa shape index (κ2) is 9.94. The molecule has 4 nitrogen and oxygen atoms in total. The van der Waals surface area contributed by atoms with E-state index in [-0.39, 0.29) is 6.61 Å². The van der Waals surface area contributed by atoms with Crippen LogP contribution in [0.15, 0.2) is 48.3 Å². The lowest BCUT2D eigenvalue weighted by atomic mass is 10.2. The SMILES string of the molecule is C/C=C\C.N#Cc1cccc(N/C(N)=C/CO)c1. The van der Waals surface area contributed by atoms with Gasteiger partial charge < -0.3 is 16.2 Å². The van der Waals surface area contributed by atoms with Crippen molar-refractivity contribution in [2.45, 2.75) is 13.8 Å². The number of hydrogen-bond acceptors (Lipinski definition) is 4. The molecule has 0 aliphatic rings. The third kappa shape index (κ3) is 7.09. The van der Waals surface area contributed by atoms with Gasteiger partial charge in [-0.1, -0.05) is 18.2 Å². The minimum absolute atomic E-state index is 0.114. The fourth-order valence-corrected chi connectivity index (χ4v) is 0.983. The summed E-state index contributed by atoms with van der Waals surface area (Å²) in [5, 5.41) is 20.0. The van der Waals surface area contributed by atoms with E-state index >= 15 is 0 Å². The fraction of sp³-hybridized carbons (Fsp3) is 0.214. The molecular weight excluding hydrogens is 226 g/mol. The van der Waals surface area contributed by atoms with E-state index in [0.717, 1.165) is 5.69 Å². The number of hydrogen-bond donors (Lipinski definition) is 3. The third-order valence-electron chi connectivity index (χ3n) is 1.92. The molecule has 0 bridgehead atoms. The molecule has 96 valence electrons. The summed E-state index contributed by atoms with van der Waals surface area (Å²) in [4.78, 5) is 0. The number of aliphatic hydroxyl groups is 1. The first-order valence-corrected chi connectivity index (χ1v) is 5.58. The smallest absolute Gasteiger partial charge is 0.0992 e. The minimum Gasteiger partial charge on any atom is -0.392 e. The first-order valence-electron chi connectivity index (χ1n) is 5.58. The summed E-state index contributed by atoms with van der Waals surface area (Å²) in [5.41, 5.74) is 6.80. The van der Waals surface area contributed by atoms with Crippen LogP contribution in [-0.4, -0.2) is 11.7 Å². The number of allylic oxidation sites excluding steroid dienone is 2. The molecule has 0 aromatic heterocycles. The lowest BCUT2D eigenvalue weighted by Gasteiger charge is -2.05. The molecular formula is C14H19N3O. The molecule has 0 spiro atoms. The van der Waals surface area contributed by atoms with E-state index < -0.39 is 0 Å². The lowest BCUT2D eigenvalue weighted by molar-refractivity contribution is 0.342. The highest BCUT2D eigenvalue weighted by molar-refractivity contribution is 5.52. The molecule has 0 fully saturated rings. The van der Waals surface area contributed by atoms with Crippen molar-refractivity contribution in [3.63, 3.8) is 0 Å². The maximum absolute atomic E-state index is 8.64. The van der Waals surface area contributed by atoms with Crippen LogP contribution in [0.3, 0.4) is 0 Å². The van der Waals surface area contributed by atoms with E-state index in [2.05, 4.69) is 5.32 Å². The van der Waals surface area contributed by atoms with Crippen LogP contribution in [0.5, 0.6) is 0 Å². The summed E-state index contributed by atoms with van der Waals surface area (Å²) in [6.45, 7) is 3.89. The molecule has 1 aromatic rings. The van der Waals surface area contributed by atoms with Crippen molar-refractivity contribution < 1.29 is 5.11 Å². The topological polar surface area (TPSA) is 82.1 Å². The van der Waals surface area contributed by atoms with Crippen LogP contribution in [0.4, 0.5) is 5.69 Å². The van der Waals surface area contributed by atoms with Crippen molar-refractivity contribution in [2.24, 2.45) is 5.73 Å². The van der Waals surface area contributed by atoms with Gasteiger partial charge in [-0.25, -0.2) is 0 Å². The van der Waals surface area contributed by atoms with Crippen molar-refractivity contribution in [3.8, 4) is 6.07 Å². The van der Waals surface area contributed by atoms with E-state index in [0.29, 0.717) is 11.4 Å². The molecule has 4 heteroatoms. The summed E-state index contributed by atoms with van der Waals surface area (Å²) in [7, 11) is 0. The summed E-state index contributed by atoms with van der Waals surface area (Å²) >= 11 is 0. The van der Waals surface area contributed by atoms with Crippen LogP contribution in [0, 0.1) is 11.3 Å². The molecule has 1 aromatic carbocycles. The summed E-state index contributed by atoms with van der Waals surface area (Å²) in [6, 6.07) is 8.95. The predicted octanol–water partition coefficient (Wildman–Crippen LogP) is 2.34. The number of rotatable bonds is 3. The average molecular weight is 245 g/mol. The number of anilines is 1. The largest absolute Gasteiger partial charge is 0.392 e. The van der Waals surface area contributed by atoms with Crippen molar-refractivity contribution in [3.05, 3.63) is 53.9 Å². The lowest BCUT2D eigenvalue weighted by Crippen LogP contribution is -2.09. The second-order valence-corrected chi connectivity index (χ2v) is 3.33. The molecule has 0 atom stereocenters. The molecule has 18 heavy (non-hydrogen) atoms. The summed E-state index contributed by atoms with van der Waals surface area (Å²) < 4.78 is 0. The first-order chi connectivity index (χ1) is 8.67. The Labute approximate surface area is 108 Å². The summed E-state index contributed by atoms with van der Waals surface area (Å²) in [6.07, 6.45) is 5.44. The Kier molecular flexibility index (Phi) is 8.70. The van der Waals surface area contributed by atoms with Crippen LogP contribution in [0.2, 0.25) is 0 Å². The van der Waals surface area contributed by atoms with Gasteiger partial charge in [-0.2, -0.15) is 5.26 Å². The highest BCUT2D eigenvalue weighted by atomic mass is 16.2. The minimum atomic E-state index is -0.114. The Morgan fingerprint density at radius 2 is 2.11 bits per heavy atom. The quantitative estimate of drug-likeness (QED) is 0.714. The molecule has 0 unspecified atom stereocenters. The number of nitrogens with two attached hydrogens (primary N) is 1. The number of nitrogens with one attached hydrogen (secondary N) is 1. The van der Waals surface area contributed by atoms with Crippen molar-refractivity contribution in [1.29, 1.82) is 5.26 Å². The van der Waals surface area contributed by atoms with Gasteiger partial charge >= 0.3 is 0 Å². The van der Waals surface area contributed by atoms with Crippen molar-refractivity contribution >= 4 is 5.69 Å². The Balaban J connectivity index is 0.000000631. The zero-order chi connectivity index (χ0) is 13.8. The van der Waals surface area contributed by atoms with Gasteiger partial charge in [0.05, 0.1) is 24.1 Å². The van der Waals surface area contributed by atoms with Gasteiger partial charge in [0.2, 0.25) is 0 Å². The average Bonchev–Trinajstić information content (AvgIpc) is 2.39. The van der Waals surface area contributed by atoms with Gasteiger partial charge in [0.1, 0.15) is 0 Å². The summed E-state index contributed by atoms with van der Waals surface area (Å²) in [5.74, 6) is 0.364. The number of nitriles is 1. The molecule has 0 amide bonds. The normalized spacial score (nSPS) is 10.4. The Morgan fingerprint density at radius 1 is 1.44 bits per heavy atom. The molecule has 0 saturated carbocycles. The molecule has 4 N–H and O–H groups in total. The number of benzene rings is 1. The first kappa shape index (κ1) is 15.8. The van der Waals surface area contributed by atoms with Crippen LogP contribution < -0.4 is 11.1 Å². The fourth-order valence-electron chi connectivity index (χ4n) is 0.983. The van der Waals surface area contributed by atoms with Crippen molar-refractivity contribution in [2.75, 3.05) is 11.9 Å². The number of aliphatic hydroxyl groups excluding tert-OH is 1. The van der Waals surface area contributed by atoms with Gasteiger partial charge in [-0.3, -0.25) is 0 Å². The highest BCUT2D eigenvalue weighted by Crippen LogP contribution is 2.10. The van der Waals surface area contributed by atoms with Crippen molar-refractivity contribution in [1.82, 2.24) is 0 Å². The van der Waals surface area contributed by atoms with E-state index in [9.17, 15) is 0 Å². The van der Waals surface area contributed by atoms with Crippen LogP contribution in [0.25, 0.3) is 0 Å². The monoisotopic (exact) mass is 245 g/mol. The van der Waals surface area contributed by atoms with Crippen LogP contribution in [-0.2, 0) is 0 Å². The van der Waals surface area contributed by atoms with Gasteiger partial charge in [-0.05, 0) is 38.1 Å². The van der Waals surface area contributed by atoms with E-state index in [1.165, 1.54) is 6.08 Å². The molecule has 0 aliphatic carbocycles. The van der Waals surface area contributed by atoms with E-state index in [4.69, 9.17) is 16.1 Å². The van der Waals surface area contributed by atoms with E-state index in [1.807, 2.05) is 32.1 Å². The molecule has 0 heterocycles. The van der Waals surface area contributed by atoms with Gasteiger partial charge in [0, 0.05) is 5.69 Å². The highest BCUT2D eigenvalue weighted by Gasteiger charge is 1.94. The zero-order valence-corrected chi connectivity index (χ0v) is 10.7. The van der Waals surface area contributed by atoms with E-state index in [1.54, 1.807) is 24.3 Å². The second-order valence-electron chi connectivity index (χ2n) is 3.33. The van der Waals surface area contributed by atoms with Crippen LogP contribution >= 0.6 is 0 Å². The van der Waals surface area contributed by atoms with Gasteiger partial charge in [-0.15, -0.1) is 0 Å². The Hall–Kier alpha value is -2.25. The maximum Gasteiger partial charge on any atom is 0.0992 e. The standard InChI is InChI=1S/C10H11N3O.C4H8/c11-7-8-2-1-3-9(6-8)13-10(12)4-5-14;1-3-4-2/h1-4,6,13-14H,5,12H2;3-4H,1-2H3/b10-4+;4-3-. The van der Waals surface area contributed by atoms with Gasteiger partial charge in [0.15, 0.2) is 0 Å². The maximum atomic E-state index is 8.64. The molecule has 0 aliphatic heterocycles.